The van der Waals surface area contributed by atoms with Crippen molar-refractivity contribution < 1.29 is 9.53 Å². The first-order chi connectivity index (χ1) is 9.81. The zero-order valence-electron chi connectivity index (χ0n) is 12.8. The van der Waals surface area contributed by atoms with Crippen molar-refractivity contribution in [1.29, 1.82) is 0 Å². The van der Waals surface area contributed by atoms with Crippen LogP contribution in [-0.4, -0.2) is 24.2 Å². The molecule has 116 valence electrons. The molecule has 1 fully saturated rings. The molecule has 0 radical (unpaired) electrons. The first-order valence-corrected chi connectivity index (χ1v) is 7.62. The van der Waals surface area contributed by atoms with E-state index < -0.39 is 5.54 Å². The molecule has 5 heteroatoms. The first kappa shape index (κ1) is 16.3. The zero-order chi connectivity index (χ0) is 15.7. The molecule has 4 nitrogen and oxygen atoms in total. The number of nitrogens with one attached hydrogen (secondary N) is 1. The fourth-order valence-corrected chi connectivity index (χ4v) is 2.89. The minimum absolute atomic E-state index is 0.0359. The third-order valence-electron chi connectivity index (χ3n) is 4.60. The molecule has 2 atom stereocenters. The van der Waals surface area contributed by atoms with Crippen LogP contribution in [-0.2, 0) is 16.1 Å². The van der Waals surface area contributed by atoms with Gasteiger partial charge in [0, 0.05) is 30.0 Å². The van der Waals surface area contributed by atoms with E-state index in [0.29, 0.717) is 24.6 Å². The Morgan fingerprint density at radius 1 is 1.43 bits per heavy atom. The standard InChI is InChI=1S/C16H23ClN2O2/c1-4-21-13-9-16(18,15(13,2)3)14(20)19-10-11-5-7-12(17)8-6-11/h5-8,13H,4,9-10,18H2,1-3H3,(H,19,20). The Kier molecular flexibility index (Phi) is 4.61. The average molecular weight is 311 g/mol. The van der Waals surface area contributed by atoms with Crippen molar-refractivity contribution >= 4 is 17.5 Å². The second kappa shape index (κ2) is 5.95. The van der Waals surface area contributed by atoms with E-state index in [2.05, 4.69) is 5.32 Å². The van der Waals surface area contributed by atoms with Crippen LogP contribution in [0.15, 0.2) is 24.3 Å². The Labute approximate surface area is 131 Å². The first-order valence-electron chi connectivity index (χ1n) is 7.24. The minimum atomic E-state index is -0.876. The van der Waals surface area contributed by atoms with Gasteiger partial charge in [0.2, 0.25) is 5.91 Å². The molecule has 21 heavy (non-hydrogen) atoms. The maximum absolute atomic E-state index is 12.4. The van der Waals surface area contributed by atoms with Gasteiger partial charge in [-0.05, 0) is 24.6 Å². The van der Waals surface area contributed by atoms with Crippen LogP contribution in [0.2, 0.25) is 5.02 Å². The number of carbonyl (C=O) groups is 1. The summed E-state index contributed by atoms with van der Waals surface area (Å²) in [4.78, 5) is 12.4. The maximum atomic E-state index is 12.4. The van der Waals surface area contributed by atoms with Gasteiger partial charge < -0.3 is 15.8 Å². The largest absolute Gasteiger partial charge is 0.378 e. The molecule has 0 aliphatic heterocycles. The average Bonchev–Trinajstić information content (AvgIpc) is 2.45. The van der Waals surface area contributed by atoms with Gasteiger partial charge in [-0.15, -0.1) is 0 Å². The lowest BCUT2D eigenvalue weighted by atomic mass is 9.54. The predicted octanol–water partition coefficient (Wildman–Crippen LogP) is 2.49. The summed E-state index contributed by atoms with van der Waals surface area (Å²) in [6.45, 7) is 7.01. The van der Waals surface area contributed by atoms with E-state index in [0.717, 1.165) is 5.56 Å². The maximum Gasteiger partial charge on any atom is 0.241 e. The highest BCUT2D eigenvalue weighted by atomic mass is 35.5. The van der Waals surface area contributed by atoms with Crippen LogP contribution in [0.3, 0.4) is 0 Å². The normalized spacial score (nSPS) is 27.0. The van der Waals surface area contributed by atoms with Gasteiger partial charge in [-0.3, -0.25) is 4.79 Å². The highest BCUT2D eigenvalue weighted by Gasteiger charge is 2.62. The van der Waals surface area contributed by atoms with Crippen LogP contribution in [0, 0.1) is 5.41 Å². The van der Waals surface area contributed by atoms with E-state index in [-0.39, 0.29) is 17.4 Å². The number of rotatable bonds is 5. The molecule has 0 saturated heterocycles. The van der Waals surface area contributed by atoms with Crippen molar-refractivity contribution in [2.45, 2.75) is 45.4 Å². The molecule has 1 saturated carbocycles. The highest BCUT2D eigenvalue weighted by molar-refractivity contribution is 6.30. The fourth-order valence-electron chi connectivity index (χ4n) is 2.76. The lowest BCUT2D eigenvalue weighted by Crippen LogP contribution is -2.75. The molecule has 1 aromatic carbocycles. The number of amides is 1. The SMILES string of the molecule is CCOC1CC(N)(C(=O)NCc2ccc(Cl)cc2)C1(C)C. The summed E-state index contributed by atoms with van der Waals surface area (Å²) in [5, 5.41) is 3.60. The molecular weight excluding hydrogens is 288 g/mol. The minimum Gasteiger partial charge on any atom is -0.378 e. The van der Waals surface area contributed by atoms with Gasteiger partial charge in [-0.2, -0.15) is 0 Å². The molecule has 0 spiro atoms. The van der Waals surface area contributed by atoms with E-state index in [1.807, 2.05) is 32.9 Å². The lowest BCUT2D eigenvalue weighted by Gasteiger charge is -2.57. The Hall–Kier alpha value is -1.10. The summed E-state index contributed by atoms with van der Waals surface area (Å²) < 4.78 is 5.64. The van der Waals surface area contributed by atoms with E-state index in [1.54, 1.807) is 12.1 Å². The molecule has 0 aromatic heterocycles. The molecule has 1 amide bonds. The third kappa shape index (κ3) is 2.93. The van der Waals surface area contributed by atoms with E-state index in [9.17, 15) is 4.79 Å². The topological polar surface area (TPSA) is 64.3 Å². The quantitative estimate of drug-likeness (QED) is 0.878. The number of benzene rings is 1. The van der Waals surface area contributed by atoms with Crippen LogP contribution < -0.4 is 11.1 Å². The number of hydrogen-bond donors (Lipinski definition) is 2. The summed E-state index contributed by atoms with van der Waals surface area (Å²) in [5.74, 6) is -0.126. The fraction of sp³-hybridized carbons (Fsp3) is 0.562. The second-order valence-electron chi connectivity index (χ2n) is 6.15. The van der Waals surface area contributed by atoms with Crippen LogP contribution in [0.5, 0.6) is 0 Å². The van der Waals surface area contributed by atoms with Crippen molar-refractivity contribution in [2.75, 3.05) is 6.61 Å². The van der Waals surface area contributed by atoms with E-state index in [4.69, 9.17) is 22.1 Å². The Morgan fingerprint density at radius 3 is 2.57 bits per heavy atom. The summed E-state index contributed by atoms with van der Waals surface area (Å²) in [5.41, 5.74) is 6.07. The summed E-state index contributed by atoms with van der Waals surface area (Å²) in [7, 11) is 0. The smallest absolute Gasteiger partial charge is 0.241 e. The molecule has 3 N–H and O–H groups in total. The van der Waals surface area contributed by atoms with Gasteiger partial charge in [-0.1, -0.05) is 37.6 Å². The molecule has 2 rings (SSSR count). The molecule has 2 unspecified atom stereocenters. The van der Waals surface area contributed by atoms with Crippen molar-refractivity contribution in [3.63, 3.8) is 0 Å². The van der Waals surface area contributed by atoms with Crippen LogP contribution >= 0.6 is 11.6 Å². The highest BCUT2D eigenvalue weighted by Crippen LogP contribution is 2.49. The molecule has 0 bridgehead atoms. The summed E-state index contributed by atoms with van der Waals surface area (Å²) in [6, 6.07) is 7.39. The molecule has 0 heterocycles. The monoisotopic (exact) mass is 310 g/mol. The van der Waals surface area contributed by atoms with Crippen LogP contribution in [0.25, 0.3) is 0 Å². The van der Waals surface area contributed by atoms with Crippen molar-refractivity contribution in [3.8, 4) is 0 Å². The lowest BCUT2D eigenvalue weighted by molar-refractivity contribution is -0.170. The number of ether oxygens (including phenoxy) is 1. The Morgan fingerprint density at radius 2 is 2.05 bits per heavy atom. The molecule has 1 aliphatic carbocycles. The number of hydrogen-bond acceptors (Lipinski definition) is 3. The van der Waals surface area contributed by atoms with Gasteiger partial charge in [-0.25, -0.2) is 0 Å². The van der Waals surface area contributed by atoms with Gasteiger partial charge in [0.25, 0.3) is 0 Å². The van der Waals surface area contributed by atoms with Crippen molar-refractivity contribution in [2.24, 2.45) is 11.1 Å². The number of carbonyl (C=O) groups excluding carboxylic acids is 1. The third-order valence-corrected chi connectivity index (χ3v) is 4.85. The van der Waals surface area contributed by atoms with Crippen molar-refractivity contribution in [1.82, 2.24) is 5.32 Å². The second-order valence-corrected chi connectivity index (χ2v) is 6.59. The predicted molar refractivity (Wildman–Crippen MR) is 84.0 cm³/mol. The van der Waals surface area contributed by atoms with E-state index in [1.165, 1.54) is 0 Å². The summed E-state index contributed by atoms with van der Waals surface area (Å²) in [6.07, 6.45) is 0.592. The van der Waals surface area contributed by atoms with E-state index >= 15 is 0 Å². The van der Waals surface area contributed by atoms with Crippen LogP contribution in [0.1, 0.15) is 32.8 Å². The zero-order valence-corrected chi connectivity index (χ0v) is 13.5. The van der Waals surface area contributed by atoms with Gasteiger partial charge >= 0.3 is 0 Å². The van der Waals surface area contributed by atoms with Crippen molar-refractivity contribution in [3.05, 3.63) is 34.9 Å². The Balaban J connectivity index is 1.96. The molecule has 1 aromatic rings. The van der Waals surface area contributed by atoms with Gasteiger partial charge in [0.1, 0.15) is 5.54 Å². The molecule has 1 aliphatic rings. The van der Waals surface area contributed by atoms with Crippen LogP contribution in [0.4, 0.5) is 0 Å². The number of halogens is 1. The summed E-state index contributed by atoms with van der Waals surface area (Å²) >= 11 is 5.84. The number of nitrogens with two attached hydrogens (primary N) is 1. The van der Waals surface area contributed by atoms with Gasteiger partial charge in [0.05, 0.1) is 6.10 Å². The Bertz CT molecular complexity index is 516. The molecular formula is C16H23ClN2O2. The van der Waals surface area contributed by atoms with Gasteiger partial charge in [0.15, 0.2) is 0 Å².